The van der Waals surface area contributed by atoms with Crippen LogP contribution in [-0.4, -0.2) is 42.2 Å². The second-order valence-electron chi connectivity index (χ2n) is 8.63. The van der Waals surface area contributed by atoms with Crippen molar-refractivity contribution in [1.82, 2.24) is 4.90 Å². The van der Waals surface area contributed by atoms with Crippen molar-refractivity contribution in [2.75, 3.05) is 26.2 Å². The highest BCUT2D eigenvalue weighted by Crippen LogP contribution is 2.27. The van der Waals surface area contributed by atoms with E-state index in [4.69, 9.17) is 9.84 Å². The summed E-state index contributed by atoms with van der Waals surface area (Å²) in [5.41, 5.74) is 5.06. The highest BCUT2D eigenvalue weighted by molar-refractivity contribution is 5.67. The predicted molar refractivity (Wildman–Crippen MR) is 128 cm³/mol. The minimum absolute atomic E-state index is 0.151. The van der Waals surface area contributed by atoms with Crippen LogP contribution in [0.25, 0.3) is 0 Å². The first-order chi connectivity index (χ1) is 15.7. The molecule has 0 amide bonds. The summed E-state index contributed by atoms with van der Waals surface area (Å²) in [5, 5.41) is 8.79. The topological polar surface area (TPSA) is 49.8 Å². The van der Waals surface area contributed by atoms with Crippen molar-refractivity contribution < 1.29 is 14.6 Å². The van der Waals surface area contributed by atoms with Crippen LogP contribution in [0.3, 0.4) is 0 Å². The maximum Gasteiger partial charge on any atom is 0.303 e. The Hall–Kier alpha value is -3.11. The lowest BCUT2D eigenvalue weighted by Crippen LogP contribution is -2.22. The van der Waals surface area contributed by atoms with Gasteiger partial charge in [0.2, 0.25) is 0 Å². The third-order valence-corrected chi connectivity index (χ3v) is 6.17. The molecule has 0 spiro atoms. The molecule has 1 aliphatic carbocycles. The van der Waals surface area contributed by atoms with Gasteiger partial charge in [-0.2, -0.15) is 0 Å². The number of carbonyl (C=O) groups is 1. The molecule has 2 aliphatic rings. The SMILES string of the molecule is O=C(O)CCc1ccc(OCC2=CC=C(CN3CCC(c4ccccc4)C3)C=CC2)cc1. The zero-order chi connectivity index (χ0) is 22.2. The van der Waals surface area contributed by atoms with Crippen molar-refractivity contribution in [2.45, 2.75) is 31.6 Å². The summed E-state index contributed by atoms with van der Waals surface area (Å²) < 4.78 is 5.96. The third-order valence-electron chi connectivity index (χ3n) is 6.17. The Kier molecular flexibility index (Phi) is 7.57. The maximum atomic E-state index is 10.7. The molecule has 1 aliphatic heterocycles. The van der Waals surface area contributed by atoms with Crippen molar-refractivity contribution in [3.05, 3.63) is 101 Å². The number of benzene rings is 2. The van der Waals surface area contributed by atoms with Crippen LogP contribution in [0, 0.1) is 0 Å². The molecule has 0 saturated carbocycles. The molecule has 0 aromatic heterocycles. The number of nitrogens with zero attached hydrogens (tertiary/aromatic N) is 1. The van der Waals surface area contributed by atoms with Crippen LogP contribution < -0.4 is 4.74 Å². The lowest BCUT2D eigenvalue weighted by atomic mass is 9.99. The first kappa shape index (κ1) is 22.1. The van der Waals surface area contributed by atoms with Crippen molar-refractivity contribution >= 4 is 5.97 Å². The zero-order valence-electron chi connectivity index (χ0n) is 18.5. The highest BCUT2D eigenvalue weighted by atomic mass is 16.5. The lowest BCUT2D eigenvalue weighted by molar-refractivity contribution is -0.136. The number of carboxylic acids is 1. The van der Waals surface area contributed by atoms with E-state index < -0.39 is 5.97 Å². The molecule has 2 aromatic rings. The maximum absolute atomic E-state index is 10.7. The van der Waals surface area contributed by atoms with Gasteiger partial charge in [0.25, 0.3) is 0 Å². The molecule has 1 heterocycles. The molecule has 1 N–H and O–H groups in total. The molecule has 4 nitrogen and oxygen atoms in total. The van der Waals surface area contributed by atoms with Crippen LogP contribution in [-0.2, 0) is 11.2 Å². The van der Waals surface area contributed by atoms with Crippen molar-refractivity contribution in [3.63, 3.8) is 0 Å². The average molecular weight is 430 g/mol. The van der Waals surface area contributed by atoms with E-state index in [1.807, 2.05) is 24.3 Å². The normalized spacial score (nSPS) is 18.7. The number of ether oxygens (including phenoxy) is 1. The fourth-order valence-corrected chi connectivity index (χ4v) is 4.33. The van der Waals surface area contributed by atoms with Gasteiger partial charge in [-0.3, -0.25) is 9.69 Å². The number of rotatable bonds is 9. The van der Waals surface area contributed by atoms with Gasteiger partial charge < -0.3 is 9.84 Å². The molecule has 0 bridgehead atoms. The van der Waals surface area contributed by atoms with Gasteiger partial charge in [-0.1, -0.05) is 66.8 Å². The van der Waals surface area contributed by atoms with Gasteiger partial charge in [-0.15, -0.1) is 0 Å². The Balaban J connectivity index is 1.26. The lowest BCUT2D eigenvalue weighted by Gasteiger charge is -2.16. The summed E-state index contributed by atoms with van der Waals surface area (Å²) >= 11 is 0. The number of hydrogen-bond acceptors (Lipinski definition) is 3. The van der Waals surface area contributed by atoms with E-state index in [0.29, 0.717) is 18.9 Å². The van der Waals surface area contributed by atoms with Crippen molar-refractivity contribution in [2.24, 2.45) is 0 Å². The smallest absolute Gasteiger partial charge is 0.303 e. The summed E-state index contributed by atoms with van der Waals surface area (Å²) in [7, 11) is 0. The number of allylic oxidation sites excluding steroid dienone is 3. The van der Waals surface area contributed by atoms with Gasteiger partial charge in [0.05, 0.1) is 0 Å². The van der Waals surface area contributed by atoms with Crippen LogP contribution >= 0.6 is 0 Å². The van der Waals surface area contributed by atoms with Crippen LogP contribution in [0.5, 0.6) is 5.75 Å². The quantitative estimate of drug-likeness (QED) is 0.581. The molecule has 1 fully saturated rings. The van der Waals surface area contributed by atoms with Crippen LogP contribution in [0.1, 0.15) is 36.3 Å². The van der Waals surface area contributed by atoms with E-state index in [2.05, 4.69) is 59.5 Å². The molecule has 0 radical (unpaired) electrons. The van der Waals surface area contributed by atoms with Crippen LogP contribution in [0.4, 0.5) is 0 Å². The number of aryl methyl sites for hydroxylation is 1. The Labute approximate surface area is 190 Å². The molecular formula is C28H31NO3. The fourth-order valence-electron chi connectivity index (χ4n) is 4.33. The van der Waals surface area contributed by atoms with Gasteiger partial charge in [-0.05, 0) is 66.1 Å². The van der Waals surface area contributed by atoms with E-state index in [1.165, 1.54) is 23.1 Å². The average Bonchev–Trinajstić information content (AvgIpc) is 3.17. The second kappa shape index (κ2) is 11.0. The van der Waals surface area contributed by atoms with Crippen LogP contribution in [0.15, 0.2) is 90.0 Å². The van der Waals surface area contributed by atoms with Crippen molar-refractivity contribution in [3.8, 4) is 5.75 Å². The number of aliphatic carboxylic acids is 1. The Bertz CT molecular complexity index is 989. The molecule has 2 aromatic carbocycles. The van der Waals surface area contributed by atoms with Crippen molar-refractivity contribution in [1.29, 1.82) is 0 Å². The Morgan fingerprint density at radius 1 is 1.06 bits per heavy atom. The minimum atomic E-state index is -0.771. The summed E-state index contributed by atoms with van der Waals surface area (Å²) in [6, 6.07) is 18.6. The molecule has 32 heavy (non-hydrogen) atoms. The largest absolute Gasteiger partial charge is 0.489 e. The first-order valence-electron chi connectivity index (χ1n) is 11.4. The second-order valence-corrected chi connectivity index (χ2v) is 8.63. The van der Waals surface area contributed by atoms with E-state index in [9.17, 15) is 4.79 Å². The van der Waals surface area contributed by atoms with E-state index >= 15 is 0 Å². The molecule has 1 saturated heterocycles. The predicted octanol–water partition coefficient (Wildman–Crippen LogP) is 5.38. The standard InChI is InChI=1S/C28H31NO3/c30-28(31)16-13-22-11-14-27(15-12-22)32-21-24-6-4-5-23(9-10-24)19-29-18-17-26(20-29)25-7-2-1-3-8-25/h1-5,7-12,14-15,26H,6,13,16-21H2,(H,30,31). The molecule has 4 rings (SSSR count). The summed E-state index contributed by atoms with van der Waals surface area (Å²) in [4.78, 5) is 13.2. The number of likely N-dealkylation sites (tertiary alicyclic amines) is 1. The van der Waals surface area contributed by atoms with Gasteiger partial charge in [0.1, 0.15) is 12.4 Å². The number of carboxylic acid groups (broad SMARTS) is 1. The number of hydrogen-bond donors (Lipinski definition) is 1. The Morgan fingerprint density at radius 2 is 1.88 bits per heavy atom. The van der Waals surface area contributed by atoms with E-state index in [-0.39, 0.29) is 6.42 Å². The summed E-state index contributed by atoms with van der Waals surface area (Å²) in [5.74, 6) is 0.680. The molecule has 1 atom stereocenters. The minimum Gasteiger partial charge on any atom is -0.489 e. The molecule has 1 unspecified atom stereocenters. The van der Waals surface area contributed by atoms with Gasteiger partial charge in [-0.25, -0.2) is 0 Å². The van der Waals surface area contributed by atoms with E-state index in [0.717, 1.165) is 37.4 Å². The van der Waals surface area contributed by atoms with Gasteiger partial charge in [0.15, 0.2) is 0 Å². The monoisotopic (exact) mass is 429 g/mol. The fraction of sp³-hybridized carbons (Fsp3) is 0.321. The molecular weight excluding hydrogens is 398 g/mol. The van der Waals surface area contributed by atoms with Gasteiger partial charge in [0, 0.05) is 19.5 Å². The molecule has 4 heteroatoms. The Morgan fingerprint density at radius 3 is 2.66 bits per heavy atom. The molecule has 166 valence electrons. The van der Waals surface area contributed by atoms with Gasteiger partial charge >= 0.3 is 5.97 Å². The van der Waals surface area contributed by atoms with E-state index in [1.54, 1.807) is 0 Å². The summed E-state index contributed by atoms with van der Waals surface area (Å²) in [6.45, 7) is 3.81. The van der Waals surface area contributed by atoms with Crippen LogP contribution in [0.2, 0.25) is 0 Å². The first-order valence-corrected chi connectivity index (χ1v) is 11.4. The third kappa shape index (κ3) is 6.44. The highest BCUT2D eigenvalue weighted by Gasteiger charge is 2.23. The zero-order valence-corrected chi connectivity index (χ0v) is 18.5. The summed E-state index contributed by atoms with van der Waals surface area (Å²) in [6.07, 6.45) is 11.7.